The SMILES string of the molecule is CC.CC(F)F.CCC(C)c1cc(C(CNC=O)c2ccccc2)nc(-c2cc(O)c(F)cc2F)c1C.CCCc1ccc2cc(C)cc(C)c2n1.NC#CO. The van der Waals surface area contributed by atoms with Gasteiger partial charge >= 0.3 is 0 Å². The molecule has 0 saturated carbocycles. The minimum Gasteiger partial charge on any atom is -0.505 e. The molecule has 56 heavy (non-hydrogen) atoms. The minimum atomic E-state index is -2.17. The van der Waals surface area contributed by atoms with Crippen LogP contribution >= 0.6 is 0 Å². The highest BCUT2D eigenvalue weighted by Gasteiger charge is 2.23. The van der Waals surface area contributed by atoms with Crippen molar-refractivity contribution in [3.8, 4) is 29.2 Å². The monoisotopic (exact) mass is 776 g/mol. The van der Waals surface area contributed by atoms with Gasteiger partial charge in [0.25, 0.3) is 0 Å². The second kappa shape index (κ2) is 25.4. The van der Waals surface area contributed by atoms with E-state index in [9.17, 15) is 27.5 Å². The van der Waals surface area contributed by atoms with Gasteiger partial charge < -0.3 is 21.3 Å². The zero-order valence-electron chi connectivity index (χ0n) is 33.9. The van der Waals surface area contributed by atoms with E-state index in [4.69, 9.17) is 15.1 Å². The number of rotatable bonds is 10. The first-order chi connectivity index (χ1) is 26.7. The second-order valence-corrected chi connectivity index (χ2v) is 12.7. The van der Waals surface area contributed by atoms with E-state index in [2.05, 4.69) is 69.9 Å². The molecule has 0 saturated heterocycles. The number of nitrogens with one attached hydrogen (secondary N) is 1. The minimum absolute atomic E-state index is 0.0398. The van der Waals surface area contributed by atoms with Crippen LogP contribution in [-0.2, 0) is 11.2 Å². The zero-order chi connectivity index (χ0) is 42.4. The number of amides is 1. The lowest BCUT2D eigenvalue weighted by atomic mass is 9.87. The molecule has 0 aliphatic heterocycles. The molecule has 5 rings (SSSR count). The van der Waals surface area contributed by atoms with E-state index in [0.717, 1.165) is 54.5 Å². The van der Waals surface area contributed by atoms with Crippen molar-refractivity contribution in [2.45, 2.75) is 99.8 Å². The Morgan fingerprint density at radius 2 is 1.54 bits per heavy atom. The maximum atomic E-state index is 14.7. The molecule has 5 N–H and O–H groups in total. The number of fused-ring (bicyclic) bond motifs is 1. The van der Waals surface area contributed by atoms with Gasteiger partial charge in [-0.1, -0.05) is 89.1 Å². The third-order valence-electron chi connectivity index (χ3n) is 8.49. The number of hydrogen-bond donors (Lipinski definition) is 4. The highest BCUT2D eigenvalue weighted by atomic mass is 19.3. The molecule has 7 nitrogen and oxygen atoms in total. The molecule has 0 aliphatic rings. The summed E-state index contributed by atoms with van der Waals surface area (Å²) < 4.78 is 49.0. The molecular weight excluding hydrogens is 721 g/mol. The van der Waals surface area contributed by atoms with Crippen LogP contribution in [0, 0.1) is 44.6 Å². The Kier molecular flexibility index (Phi) is 22.0. The van der Waals surface area contributed by atoms with Crippen LogP contribution in [-0.4, -0.2) is 39.6 Å². The highest BCUT2D eigenvalue weighted by Crippen LogP contribution is 2.36. The number of aromatic hydroxyl groups is 1. The summed E-state index contributed by atoms with van der Waals surface area (Å²) in [7, 11) is 0. The van der Waals surface area contributed by atoms with Gasteiger partial charge in [0, 0.05) is 41.2 Å². The smallest absolute Gasteiger partial charge is 0.235 e. The molecular formula is C45H56F4N4O3. The number of aryl methyl sites for hydroxylation is 3. The normalized spacial score (nSPS) is 11.0. The Balaban J connectivity index is 0.000000516. The molecule has 2 aromatic heterocycles. The van der Waals surface area contributed by atoms with Gasteiger partial charge in [-0.05, 0) is 93.0 Å². The van der Waals surface area contributed by atoms with Crippen LogP contribution < -0.4 is 11.1 Å². The number of halogens is 4. The summed E-state index contributed by atoms with van der Waals surface area (Å²) >= 11 is 0. The average molecular weight is 777 g/mol. The number of nitrogens with two attached hydrogens (primary N) is 1. The number of carbonyl (C=O) groups excluding carboxylic acids is 1. The molecule has 2 unspecified atom stereocenters. The van der Waals surface area contributed by atoms with E-state index in [0.29, 0.717) is 30.4 Å². The van der Waals surface area contributed by atoms with Crippen LogP contribution in [0.4, 0.5) is 17.6 Å². The first-order valence-corrected chi connectivity index (χ1v) is 18.6. The van der Waals surface area contributed by atoms with Gasteiger partial charge in [-0.15, -0.1) is 0 Å². The van der Waals surface area contributed by atoms with Crippen molar-refractivity contribution in [2.75, 3.05) is 6.54 Å². The van der Waals surface area contributed by atoms with E-state index >= 15 is 0 Å². The summed E-state index contributed by atoms with van der Waals surface area (Å²) in [6, 6.07) is 23.8. The number of hydrogen-bond acceptors (Lipinski definition) is 6. The number of phenolic OH excluding ortho intramolecular Hbond substituents is 1. The van der Waals surface area contributed by atoms with Crippen LogP contribution in [0.5, 0.6) is 5.75 Å². The molecule has 11 heteroatoms. The van der Waals surface area contributed by atoms with Gasteiger partial charge in [-0.3, -0.25) is 14.8 Å². The standard InChI is InChI=1S/C25H26F2N2O2.C14H17N.C2H4F2.C2H3NO.C2H6/c1-4-15(2)18-10-23(20(13-28-14-30)17-8-6-5-7-9-17)29-25(16(18)3)19-11-24(31)22(27)12-21(19)26;1-4-5-13-7-6-12-9-10(2)8-11(3)14(12)15-13;1-2(3)4;3-1-2-4;1-2/h5-12,14-15,20,31H,4,13H2,1-3H3,(H,28,30);6-9H,4-5H2,1-3H3;2H,1H3;4H,3H2;1-2H3. The fraction of sp³-hybridized carbons (Fsp3) is 0.356. The summed E-state index contributed by atoms with van der Waals surface area (Å²) in [5.74, 6) is -2.52. The molecule has 0 fully saturated rings. The van der Waals surface area contributed by atoms with E-state index in [-0.39, 0.29) is 17.4 Å². The third-order valence-corrected chi connectivity index (χ3v) is 8.49. The summed E-state index contributed by atoms with van der Waals surface area (Å²) in [5, 5.41) is 21.2. The second-order valence-electron chi connectivity index (χ2n) is 12.7. The van der Waals surface area contributed by atoms with Crippen LogP contribution in [0.3, 0.4) is 0 Å². The molecule has 3 aromatic carbocycles. The number of carbonyl (C=O) groups is 1. The summed E-state index contributed by atoms with van der Waals surface area (Å²) in [4.78, 5) is 20.5. The van der Waals surface area contributed by atoms with Crippen LogP contribution in [0.1, 0.15) is 105 Å². The average Bonchev–Trinajstić information content (AvgIpc) is 3.18. The molecule has 0 aliphatic carbocycles. The summed E-state index contributed by atoms with van der Waals surface area (Å²) in [5.41, 5.74) is 13.2. The largest absolute Gasteiger partial charge is 0.505 e. The number of pyridine rings is 2. The predicted molar refractivity (Wildman–Crippen MR) is 219 cm³/mol. The van der Waals surface area contributed by atoms with Crippen molar-refractivity contribution in [1.82, 2.24) is 15.3 Å². The Bertz CT molecular complexity index is 2010. The van der Waals surface area contributed by atoms with Crippen molar-refractivity contribution in [2.24, 2.45) is 5.73 Å². The Labute approximate surface area is 329 Å². The summed E-state index contributed by atoms with van der Waals surface area (Å²) in [6.07, 6.45) is 3.02. The number of nitrogens with zero attached hydrogens (tertiary/aromatic N) is 2. The number of aliphatic hydroxyl groups excluding tert-OH is 1. The zero-order valence-corrected chi connectivity index (χ0v) is 33.9. The maximum absolute atomic E-state index is 14.7. The first-order valence-electron chi connectivity index (χ1n) is 18.6. The lowest BCUT2D eigenvalue weighted by molar-refractivity contribution is -0.109. The van der Waals surface area contributed by atoms with E-state index < -0.39 is 23.8 Å². The predicted octanol–water partition coefficient (Wildman–Crippen LogP) is 10.8. The number of alkyl halides is 2. The van der Waals surface area contributed by atoms with Crippen LogP contribution in [0.15, 0.2) is 72.8 Å². The highest BCUT2D eigenvalue weighted by molar-refractivity contribution is 5.82. The number of aliphatic hydroxyl groups is 1. The Morgan fingerprint density at radius 3 is 2.09 bits per heavy atom. The fourth-order valence-electron chi connectivity index (χ4n) is 5.82. The van der Waals surface area contributed by atoms with Gasteiger partial charge in [0.1, 0.15) is 11.9 Å². The molecule has 0 radical (unpaired) electrons. The Morgan fingerprint density at radius 1 is 0.911 bits per heavy atom. The molecule has 0 bridgehead atoms. The molecule has 2 heterocycles. The number of benzene rings is 3. The van der Waals surface area contributed by atoms with Gasteiger partial charge in [0.2, 0.25) is 12.8 Å². The topological polar surface area (TPSA) is 121 Å². The van der Waals surface area contributed by atoms with Gasteiger partial charge in [0.05, 0.1) is 16.9 Å². The van der Waals surface area contributed by atoms with E-state index in [1.807, 2.05) is 57.2 Å². The quantitative estimate of drug-likeness (QED) is 0.0485. The molecule has 1 amide bonds. The van der Waals surface area contributed by atoms with Gasteiger partial charge in [-0.2, -0.15) is 0 Å². The van der Waals surface area contributed by atoms with Gasteiger partial charge in [-0.25, -0.2) is 17.6 Å². The molecule has 0 spiro atoms. The van der Waals surface area contributed by atoms with Crippen LogP contribution in [0.2, 0.25) is 0 Å². The van der Waals surface area contributed by atoms with E-state index in [1.54, 1.807) is 6.04 Å². The lowest BCUT2D eigenvalue weighted by Crippen LogP contribution is -2.22. The fourth-order valence-corrected chi connectivity index (χ4v) is 5.82. The lowest BCUT2D eigenvalue weighted by Gasteiger charge is -2.23. The van der Waals surface area contributed by atoms with Gasteiger partial charge in [0.15, 0.2) is 11.6 Å². The third kappa shape index (κ3) is 14.9. The maximum Gasteiger partial charge on any atom is 0.235 e. The summed E-state index contributed by atoms with van der Waals surface area (Å²) in [6.45, 7) is 17.6. The van der Waals surface area contributed by atoms with Crippen molar-refractivity contribution < 1.29 is 32.6 Å². The van der Waals surface area contributed by atoms with E-state index in [1.165, 1.54) is 28.3 Å². The first kappa shape index (κ1) is 48.4. The number of phenols is 1. The molecule has 5 aromatic rings. The van der Waals surface area contributed by atoms with Crippen LogP contribution in [0.25, 0.3) is 22.2 Å². The molecule has 2 atom stereocenters. The number of aromatic nitrogens is 2. The molecule has 302 valence electrons. The van der Waals surface area contributed by atoms with Crippen molar-refractivity contribution in [3.05, 3.63) is 124 Å². The van der Waals surface area contributed by atoms with Crippen molar-refractivity contribution >= 4 is 17.3 Å². The Hall–Kier alpha value is -5.63. The van der Waals surface area contributed by atoms with Crippen molar-refractivity contribution in [1.29, 1.82) is 0 Å². The van der Waals surface area contributed by atoms with Crippen molar-refractivity contribution in [3.63, 3.8) is 0 Å².